The zero-order valence-electron chi connectivity index (χ0n) is 12.5. The highest BCUT2D eigenvalue weighted by Gasteiger charge is 2.20. The van der Waals surface area contributed by atoms with Crippen LogP contribution in [-0.2, 0) is 4.79 Å². The van der Waals surface area contributed by atoms with E-state index in [0.717, 1.165) is 0 Å². The number of hydrogen-bond donors (Lipinski definition) is 2. The largest absolute Gasteiger partial charge is 0.494 e. The van der Waals surface area contributed by atoms with Gasteiger partial charge in [0.15, 0.2) is 0 Å². The van der Waals surface area contributed by atoms with E-state index in [1.54, 1.807) is 24.8 Å². The quantitative estimate of drug-likeness (QED) is 0.870. The van der Waals surface area contributed by atoms with Gasteiger partial charge in [0.25, 0.3) is 5.91 Å². The molecule has 1 aromatic heterocycles. The fourth-order valence-electron chi connectivity index (χ4n) is 2.02. The van der Waals surface area contributed by atoms with Gasteiger partial charge in [-0.25, -0.2) is 4.68 Å². The van der Waals surface area contributed by atoms with Gasteiger partial charge in [-0.3, -0.25) is 9.59 Å². The Bertz CT molecular complexity index is 709. The Morgan fingerprint density at radius 2 is 2.05 bits per heavy atom. The van der Waals surface area contributed by atoms with Crippen LogP contribution in [0.15, 0.2) is 30.5 Å². The van der Waals surface area contributed by atoms with Gasteiger partial charge >= 0.3 is 5.97 Å². The summed E-state index contributed by atoms with van der Waals surface area (Å²) in [7, 11) is 1.56. The Kier molecular flexibility index (Phi) is 4.45. The lowest BCUT2D eigenvalue weighted by Crippen LogP contribution is -2.38. The normalized spacial score (nSPS) is 11.8. The minimum atomic E-state index is -1.09. The van der Waals surface area contributed by atoms with Gasteiger partial charge in [0, 0.05) is 0 Å². The number of ether oxygens (including phenoxy) is 1. The monoisotopic (exact) mass is 303 g/mol. The number of carbonyl (C=O) groups is 2. The van der Waals surface area contributed by atoms with Crippen molar-refractivity contribution in [1.29, 1.82) is 0 Å². The number of rotatable bonds is 5. The number of aliphatic carboxylic acids is 1. The number of carboxylic acid groups (broad SMARTS) is 1. The molecule has 1 atom stereocenters. The Morgan fingerprint density at radius 1 is 1.36 bits per heavy atom. The SMILES string of the molecule is COc1ccccc1-n1ncc(C(=O)NC(C)C(=O)O)c1C. The highest BCUT2D eigenvalue weighted by atomic mass is 16.5. The fourth-order valence-corrected chi connectivity index (χ4v) is 2.02. The standard InChI is InChI=1S/C15H17N3O4/c1-9(15(20)21)17-14(19)11-8-16-18(10(11)2)12-6-4-5-7-13(12)22-3/h4-9H,1-3H3,(H,17,19)(H,20,21). The van der Waals surface area contributed by atoms with E-state index in [9.17, 15) is 9.59 Å². The van der Waals surface area contributed by atoms with Gasteiger partial charge in [-0.2, -0.15) is 5.10 Å². The van der Waals surface area contributed by atoms with Gasteiger partial charge in [-0.15, -0.1) is 0 Å². The minimum Gasteiger partial charge on any atom is -0.494 e. The molecule has 1 heterocycles. The Labute approximate surface area is 127 Å². The van der Waals surface area contributed by atoms with Crippen LogP contribution in [0.5, 0.6) is 5.75 Å². The van der Waals surface area contributed by atoms with E-state index in [-0.39, 0.29) is 0 Å². The van der Waals surface area contributed by atoms with Crippen molar-refractivity contribution in [2.45, 2.75) is 19.9 Å². The molecular formula is C15H17N3O4. The molecule has 0 aliphatic heterocycles. The summed E-state index contributed by atoms with van der Waals surface area (Å²) in [5.74, 6) is -0.948. The van der Waals surface area contributed by atoms with Crippen LogP contribution in [0, 0.1) is 6.92 Å². The Morgan fingerprint density at radius 3 is 2.68 bits per heavy atom. The van der Waals surface area contributed by atoms with Crippen molar-refractivity contribution in [2.24, 2.45) is 0 Å². The van der Waals surface area contributed by atoms with Crippen molar-refractivity contribution in [2.75, 3.05) is 7.11 Å². The van der Waals surface area contributed by atoms with Gasteiger partial charge in [0.05, 0.1) is 24.6 Å². The molecule has 2 aromatic rings. The van der Waals surface area contributed by atoms with Crippen LogP contribution in [0.25, 0.3) is 5.69 Å². The van der Waals surface area contributed by atoms with E-state index < -0.39 is 17.9 Å². The number of nitrogens with one attached hydrogen (secondary N) is 1. The average Bonchev–Trinajstić information content (AvgIpc) is 2.88. The number of hydrogen-bond acceptors (Lipinski definition) is 4. The molecule has 0 aliphatic rings. The van der Waals surface area contributed by atoms with Crippen molar-refractivity contribution >= 4 is 11.9 Å². The number of nitrogens with zero attached hydrogens (tertiary/aromatic N) is 2. The number of para-hydroxylation sites is 2. The van der Waals surface area contributed by atoms with E-state index in [1.807, 2.05) is 18.2 Å². The van der Waals surface area contributed by atoms with E-state index in [0.29, 0.717) is 22.7 Å². The molecule has 0 saturated carbocycles. The summed E-state index contributed by atoms with van der Waals surface area (Å²) in [6, 6.07) is 6.32. The molecule has 0 spiro atoms. The fraction of sp³-hybridized carbons (Fsp3) is 0.267. The third kappa shape index (κ3) is 2.93. The molecule has 0 fully saturated rings. The van der Waals surface area contributed by atoms with Crippen molar-refractivity contribution in [3.8, 4) is 11.4 Å². The van der Waals surface area contributed by atoms with Crippen LogP contribution in [0.3, 0.4) is 0 Å². The lowest BCUT2D eigenvalue weighted by Gasteiger charge is -2.11. The van der Waals surface area contributed by atoms with Gasteiger partial charge in [-0.05, 0) is 26.0 Å². The highest BCUT2D eigenvalue weighted by Crippen LogP contribution is 2.23. The molecule has 116 valence electrons. The summed E-state index contributed by atoms with van der Waals surface area (Å²) < 4.78 is 6.86. The molecule has 2 N–H and O–H groups in total. The van der Waals surface area contributed by atoms with Crippen molar-refractivity contribution in [1.82, 2.24) is 15.1 Å². The molecule has 22 heavy (non-hydrogen) atoms. The summed E-state index contributed by atoms with van der Waals surface area (Å²) in [6.07, 6.45) is 1.41. The van der Waals surface area contributed by atoms with Gasteiger partial charge < -0.3 is 15.2 Å². The first-order valence-electron chi connectivity index (χ1n) is 6.67. The van der Waals surface area contributed by atoms with E-state index in [2.05, 4.69) is 10.4 Å². The topological polar surface area (TPSA) is 93.5 Å². The zero-order chi connectivity index (χ0) is 16.3. The van der Waals surface area contributed by atoms with Crippen LogP contribution in [0.2, 0.25) is 0 Å². The second-order valence-corrected chi connectivity index (χ2v) is 4.76. The molecule has 0 saturated heterocycles. The number of amides is 1. The smallest absolute Gasteiger partial charge is 0.325 e. The number of carbonyl (C=O) groups excluding carboxylic acids is 1. The van der Waals surface area contributed by atoms with Crippen LogP contribution in [0.4, 0.5) is 0 Å². The first-order chi connectivity index (χ1) is 10.5. The molecule has 1 aromatic carbocycles. The number of methoxy groups -OCH3 is 1. The van der Waals surface area contributed by atoms with E-state index in [4.69, 9.17) is 9.84 Å². The molecule has 7 nitrogen and oxygen atoms in total. The van der Waals surface area contributed by atoms with Crippen LogP contribution in [0.1, 0.15) is 23.0 Å². The van der Waals surface area contributed by atoms with Gasteiger partial charge in [0.1, 0.15) is 17.5 Å². The number of aromatic nitrogens is 2. The maximum Gasteiger partial charge on any atom is 0.325 e. The van der Waals surface area contributed by atoms with Gasteiger partial charge in [0.2, 0.25) is 0 Å². The van der Waals surface area contributed by atoms with Crippen LogP contribution >= 0.6 is 0 Å². The summed E-state index contributed by atoms with van der Waals surface area (Å²) in [4.78, 5) is 22.9. The lowest BCUT2D eigenvalue weighted by molar-refractivity contribution is -0.138. The third-order valence-electron chi connectivity index (χ3n) is 3.29. The molecule has 0 radical (unpaired) electrons. The predicted octanol–water partition coefficient (Wildman–Crippen LogP) is 1.39. The Hall–Kier alpha value is -2.83. The molecule has 7 heteroatoms. The predicted molar refractivity (Wildman–Crippen MR) is 79.4 cm³/mol. The molecule has 1 unspecified atom stereocenters. The lowest BCUT2D eigenvalue weighted by atomic mass is 10.2. The van der Waals surface area contributed by atoms with Crippen LogP contribution < -0.4 is 10.1 Å². The highest BCUT2D eigenvalue weighted by molar-refractivity contribution is 5.97. The van der Waals surface area contributed by atoms with Gasteiger partial charge in [-0.1, -0.05) is 12.1 Å². The minimum absolute atomic E-state index is 0.319. The molecule has 0 bridgehead atoms. The second-order valence-electron chi connectivity index (χ2n) is 4.76. The molecule has 1 amide bonds. The van der Waals surface area contributed by atoms with Crippen molar-refractivity contribution in [3.63, 3.8) is 0 Å². The van der Waals surface area contributed by atoms with Crippen molar-refractivity contribution < 1.29 is 19.4 Å². The Balaban J connectivity index is 2.34. The molecule has 0 aliphatic carbocycles. The summed E-state index contributed by atoms with van der Waals surface area (Å²) >= 11 is 0. The second kappa shape index (κ2) is 6.30. The molecule has 2 rings (SSSR count). The van der Waals surface area contributed by atoms with Crippen LogP contribution in [-0.4, -0.2) is 39.9 Å². The maximum absolute atomic E-state index is 12.1. The van der Waals surface area contributed by atoms with E-state index >= 15 is 0 Å². The number of benzene rings is 1. The zero-order valence-corrected chi connectivity index (χ0v) is 12.5. The van der Waals surface area contributed by atoms with E-state index in [1.165, 1.54) is 13.1 Å². The third-order valence-corrected chi connectivity index (χ3v) is 3.29. The maximum atomic E-state index is 12.1. The first kappa shape index (κ1) is 15.6. The summed E-state index contributed by atoms with van der Waals surface area (Å²) in [5, 5.41) is 15.4. The summed E-state index contributed by atoms with van der Waals surface area (Å²) in [6.45, 7) is 3.14. The average molecular weight is 303 g/mol. The first-order valence-corrected chi connectivity index (χ1v) is 6.67. The molecular weight excluding hydrogens is 286 g/mol. The summed E-state index contributed by atoms with van der Waals surface area (Å²) in [5.41, 5.74) is 1.62. The van der Waals surface area contributed by atoms with Crippen molar-refractivity contribution in [3.05, 3.63) is 41.7 Å². The number of carboxylic acids is 1.